The highest BCUT2D eigenvalue weighted by atomic mass is 16.4. The number of amides is 1. The maximum Gasteiger partial charge on any atom is 0.322 e. The molecule has 0 fully saturated rings. The van der Waals surface area contributed by atoms with E-state index in [0.717, 1.165) is 0 Å². The van der Waals surface area contributed by atoms with E-state index >= 15 is 0 Å². The van der Waals surface area contributed by atoms with E-state index in [-0.39, 0.29) is 0 Å². The Bertz CT molecular complexity index is 99.1. The largest absolute Gasteiger partial charge is 0.496 e. The van der Waals surface area contributed by atoms with Crippen LogP contribution in [0.3, 0.4) is 0 Å². The maximum absolute atomic E-state index is 9.75. The van der Waals surface area contributed by atoms with E-state index < -0.39 is 18.3 Å². The summed E-state index contributed by atoms with van der Waals surface area (Å²) in [5.41, 5.74) is 0. The van der Waals surface area contributed by atoms with E-state index in [1.807, 2.05) is 5.32 Å². The molecule has 0 bridgehead atoms. The lowest BCUT2D eigenvalue weighted by molar-refractivity contribution is -0.135. The summed E-state index contributed by atoms with van der Waals surface area (Å²) >= 11 is 0. The van der Waals surface area contributed by atoms with Crippen LogP contribution >= 0.6 is 0 Å². The summed E-state index contributed by atoms with van der Waals surface area (Å²) in [4.78, 5) is 19.4. The first-order chi connectivity index (χ1) is 3.63. The van der Waals surface area contributed by atoms with Crippen LogP contribution in [0.5, 0.6) is 0 Å². The average Bonchev–Trinajstić information content (AvgIpc) is 1.61. The van der Waals surface area contributed by atoms with Gasteiger partial charge in [0, 0.05) is 0 Å². The average molecular weight is 113 g/mol. The molecular weight excluding hydrogens is 109 g/mol. The summed E-state index contributed by atoms with van der Waals surface area (Å²) in [7, 11) is 4.53. The van der Waals surface area contributed by atoms with Crippen LogP contribution in [0.25, 0.3) is 0 Å². The first-order valence-electron chi connectivity index (χ1n) is 1.88. The van der Waals surface area contributed by atoms with Gasteiger partial charge in [-0.05, 0) is 0 Å². The molecule has 0 aromatic rings. The Kier molecular flexibility index (Phi) is 2.68. The van der Waals surface area contributed by atoms with Crippen LogP contribution in [-0.2, 0) is 4.79 Å². The van der Waals surface area contributed by atoms with Crippen LogP contribution in [0.4, 0.5) is 4.79 Å². The van der Waals surface area contributed by atoms with Crippen molar-refractivity contribution < 1.29 is 14.7 Å². The third-order valence-electron chi connectivity index (χ3n) is 0.414. The molecule has 2 N–H and O–H groups in total. The van der Waals surface area contributed by atoms with Crippen molar-refractivity contribution in [2.24, 2.45) is 0 Å². The Balaban J connectivity index is 3.18. The minimum atomic E-state index is -1.11. The first-order valence-corrected chi connectivity index (χ1v) is 1.88. The zero-order valence-corrected chi connectivity index (χ0v) is 4.05. The molecule has 8 heavy (non-hydrogen) atoms. The monoisotopic (exact) mass is 113 g/mol. The molecule has 4 nitrogen and oxygen atoms in total. The molecule has 5 heteroatoms. The SMILES string of the molecule is [B-]C(=O)NCC(=O)O. The number of hydrogen-bond acceptors (Lipinski definition) is 2. The number of carboxylic acids is 1. The fraction of sp³-hybridized carbons (Fsp3) is 0.333. The molecule has 0 heterocycles. The van der Waals surface area contributed by atoms with Crippen LogP contribution < -0.4 is 5.32 Å². The van der Waals surface area contributed by atoms with Gasteiger partial charge in [0.15, 0.2) is 0 Å². The van der Waals surface area contributed by atoms with Crippen molar-refractivity contribution in [2.75, 3.05) is 6.54 Å². The predicted octanol–water partition coefficient (Wildman–Crippen LogP) is -1.05. The van der Waals surface area contributed by atoms with Crippen molar-refractivity contribution in [1.82, 2.24) is 5.32 Å². The molecule has 0 saturated heterocycles. The number of carbonyl (C=O) groups is 2. The third-order valence-corrected chi connectivity index (χ3v) is 0.414. The lowest BCUT2D eigenvalue weighted by Gasteiger charge is -2.04. The van der Waals surface area contributed by atoms with Gasteiger partial charge >= 0.3 is 5.97 Å². The van der Waals surface area contributed by atoms with Crippen LogP contribution in [0.1, 0.15) is 0 Å². The molecule has 43 valence electrons. The molecule has 0 atom stereocenters. The Morgan fingerprint density at radius 2 is 2.12 bits per heavy atom. The quantitative estimate of drug-likeness (QED) is 0.449. The van der Waals surface area contributed by atoms with E-state index in [1.165, 1.54) is 0 Å². The van der Waals surface area contributed by atoms with Gasteiger partial charge < -0.3 is 23.1 Å². The Hall–Kier alpha value is -0.995. The molecule has 0 aliphatic carbocycles. The maximum atomic E-state index is 9.75. The van der Waals surface area contributed by atoms with Crippen molar-refractivity contribution >= 4 is 19.6 Å². The van der Waals surface area contributed by atoms with Crippen molar-refractivity contribution in [3.8, 4) is 0 Å². The van der Waals surface area contributed by atoms with E-state index in [4.69, 9.17) is 5.11 Å². The van der Waals surface area contributed by atoms with Crippen molar-refractivity contribution in [2.45, 2.75) is 0 Å². The number of carbonyl (C=O) groups excluding carboxylic acids is 1. The van der Waals surface area contributed by atoms with Gasteiger partial charge in [-0.1, -0.05) is 5.81 Å². The number of rotatable bonds is 2. The summed E-state index contributed by atoms with van der Waals surface area (Å²) in [5.74, 6) is -1.93. The zero-order chi connectivity index (χ0) is 6.57. The lowest BCUT2D eigenvalue weighted by Crippen LogP contribution is -2.27. The second-order valence-electron chi connectivity index (χ2n) is 1.11. The van der Waals surface area contributed by atoms with E-state index in [0.29, 0.717) is 0 Å². The molecule has 0 aromatic heterocycles. The van der Waals surface area contributed by atoms with Gasteiger partial charge in [-0.25, -0.2) is 0 Å². The van der Waals surface area contributed by atoms with Crippen LogP contribution in [0.15, 0.2) is 0 Å². The molecule has 0 aliphatic rings. The summed E-state index contributed by atoms with van der Waals surface area (Å²) < 4.78 is 0. The van der Waals surface area contributed by atoms with Gasteiger partial charge in [0.2, 0.25) is 0 Å². The zero-order valence-electron chi connectivity index (χ0n) is 4.05. The van der Waals surface area contributed by atoms with Gasteiger partial charge in [-0.2, -0.15) is 0 Å². The van der Waals surface area contributed by atoms with Gasteiger partial charge in [0.25, 0.3) is 0 Å². The van der Waals surface area contributed by atoms with Gasteiger partial charge in [0.1, 0.15) is 6.54 Å². The Morgan fingerprint density at radius 1 is 1.62 bits per heavy atom. The van der Waals surface area contributed by atoms with Crippen LogP contribution in [0, 0.1) is 0 Å². The highest BCUT2D eigenvalue weighted by Crippen LogP contribution is 1.59. The molecule has 0 unspecified atom stereocenters. The molecule has 0 rings (SSSR count). The lowest BCUT2D eigenvalue weighted by atomic mass is 10.1. The van der Waals surface area contributed by atoms with E-state index in [9.17, 15) is 9.59 Å². The standard InChI is InChI=1S/C3H4BNO3/c4-3(8)5-1-2(6)7/h1H2,(H,5,8)(H,6,7)/q-1. The minimum absolute atomic E-state index is 0.421. The summed E-state index contributed by atoms with van der Waals surface area (Å²) in [5, 5.41) is 9.78. The van der Waals surface area contributed by atoms with E-state index in [2.05, 4.69) is 7.85 Å². The molecule has 0 aromatic carbocycles. The molecule has 0 spiro atoms. The van der Waals surface area contributed by atoms with Gasteiger partial charge in [-0.15, -0.1) is 0 Å². The highest BCUT2D eigenvalue weighted by Gasteiger charge is 1.89. The topological polar surface area (TPSA) is 66.4 Å². The van der Waals surface area contributed by atoms with Gasteiger partial charge in [0.05, 0.1) is 0 Å². The molecule has 1 amide bonds. The van der Waals surface area contributed by atoms with Crippen LogP contribution in [0.2, 0.25) is 0 Å². The third kappa shape index (κ3) is 5.00. The van der Waals surface area contributed by atoms with Crippen molar-refractivity contribution in [3.05, 3.63) is 0 Å². The highest BCUT2D eigenvalue weighted by molar-refractivity contribution is 6.57. The van der Waals surface area contributed by atoms with Crippen LogP contribution in [-0.4, -0.2) is 31.3 Å². The van der Waals surface area contributed by atoms with E-state index in [1.54, 1.807) is 0 Å². The Labute approximate surface area is 47.3 Å². The predicted molar refractivity (Wildman–Crippen MR) is 26.8 cm³/mol. The first kappa shape index (κ1) is 7.00. The molecular formula is C3H4BNO3-. The summed E-state index contributed by atoms with van der Waals surface area (Å²) in [6.45, 7) is -0.421. The number of nitrogens with one attached hydrogen (secondary N) is 1. The van der Waals surface area contributed by atoms with Gasteiger partial charge in [-0.3, -0.25) is 4.79 Å². The molecule has 3 radical (unpaired) electrons. The fourth-order valence-corrected chi connectivity index (χ4v) is 0.163. The molecule has 0 saturated carbocycles. The normalized spacial score (nSPS) is 8.12. The second kappa shape index (κ2) is 3.07. The number of hydrogen-bond donors (Lipinski definition) is 2. The summed E-state index contributed by atoms with van der Waals surface area (Å²) in [6.07, 6.45) is 0. The fourth-order valence-electron chi connectivity index (χ4n) is 0.163. The van der Waals surface area contributed by atoms with Crippen molar-refractivity contribution in [1.29, 1.82) is 0 Å². The minimum Gasteiger partial charge on any atom is -0.496 e. The number of carboxylic acid groups (broad SMARTS) is 1. The smallest absolute Gasteiger partial charge is 0.322 e. The Morgan fingerprint density at radius 3 is 2.25 bits per heavy atom. The van der Waals surface area contributed by atoms with Crippen molar-refractivity contribution in [3.63, 3.8) is 0 Å². The molecule has 0 aliphatic heterocycles. The number of aliphatic carboxylic acids is 1. The summed E-state index contributed by atoms with van der Waals surface area (Å²) in [6, 6.07) is 0. The second-order valence-corrected chi connectivity index (χ2v) is 1.11.